The molecule has 1 aromatic heterocycles. The molecule has 1 aromatic rings. The van der Waals surface area contributed by atoms with Crippen LogP contribution in [0.4, 0.5) is 4.79 Å². The Balaban J connectivity index is 2.14. The van der Waals surface area contributed by atoms with E-state index < -0.39 is 17.4 Å². The predicted molar refractivity (Wildman–Crippen MR) is 84.7 cm³/mol. The molecule has 1 aliphatic heterocycles. The highest BCUT2D eigenvalue weighted by Crippen LogP contribution is 2.30. The molecule has 2 rings (SSSR count). The second-order valence-corrected chi connectivity index (χ2v) is 7.15. The fraction of sp³-hybridized carbons (Fsp3) is 0.600. The minimum absolute atomic E-state index is 0.0955. The van der Waals surface area contributed by atoms with Crippen LogP contribution in [0, 0.1) is 0 Å². The van der Waals surface area contributed by atoms with Gasteiger partial charge in [-0.1, -0.05) is 0 Å². The highest BCUT2D eigenvalue weighted by molar-refractivity contribution is 7.81. The van der Waals surface area contributed by atoms with Gasteiger partial charge in [-0.15, -0.1) is 0 Å². The first-order valence-electron chi connectivity index (χ1n) is 7.18. The van der Waals surface area contributed by atoms with E-state index in [1.54, 1.807) is 39.2 Å². The van der Waals surface area contributed by atoms with Crippen molar-refractivity contribution in [3.63, 3.8) is 0 Å². The van der Waals surface area contributed by atoms with Gasteiger partial charge in [0, 0.05) is 18.2 Å². The molecule has 0 spiro atoms. The van der Waals surface area contributed by atoms with E-state index in [9.17, 15) is 9.59 Å². The zero-order valence-corrected chi connectivity index (χ0v) is 13.9. The standard InChI is InChI=1S/C15H22N2O4S/c1-14(2,3)21-13(19)17-9-12(22)7-15(17,10-18)16-8-11-5-4-6-20-11/h4-6,10,12,16,22H,7-9H2,1-3H3/t12-,15-/m0/s1. The zero-order valence-electron chi connectivity index (χ0n) is 13.0. The van der Waals surface area contributed by atoms with Crippen molar-refractivity contribution in [1.29, 1.82) is 0 Å². The number of hydrogen-bond acceptors (Lipinski definition) is 6. The average molecular weight is 326 g/mol. The monoisotopic (exact) mass is 326 g/mol. The van der Waals surface area contributed by atoms with Crippen LogP contribution in [0.1, 0.15) is 33.0 Å². The lowest BCUT2D eigenvalue weighted by Gasteiger charge is -2.35. The Kier molecular flexibility index (Phi) is 4.87. The summed E-state index contributed by atoms with van der Waals surface area (Å²) in [7, 11) is 0. The first-order chi connectivity index (χ1) is 10.3. The second-order valence-electron chi connectivity index (χ2n) is 6.42. The lowest BCUT2D eigenvalue weighted by atomic mass is 10.1. The maximum atomic E-state index is 12.4. The number of carbonyl (C=O) groups is 2. The Hall–Kier alpha value is -1.47. The molecule has 0 radical (unpaired) electrons. The van der Waals surface area contributed by atoms with E-state index >= 15 is 0 Å². The number of thiol groups is 1. The molecule has 2 atom stereocenters. The summed E-state index contributed by atoms with van der Waals surface area (Å²) in [5.41, 5.74) is -1.75. The summed E-state index contributed by atoms with van der Waals surface area (Å²) in [6.45, 7) is 6.06. The van der Waals surface area contributed by atoms with Gasteiger partial charge in [-0.2, -0.15) is 12.6 Å². The van der Waals surface area contributed by atoms with Crippen molar-refractivity contribution in [2.75, 3.05) is 6.54 Å². The quantitative estimate of drug-likeness (QED) is 0.656. The molecule has 0 aliphatic carbocycles. The number of amides is 1. The van der Waals surface area contributed by atoms with Gasteiger partial charge in [0.15, 0.2) is 11.9 Å². The van der Waals surface area contributed by atoms with E-state index in [0.29, 0.717) is 25.3 Å². The maximum Gasteiger partial charge on any atom is 0.412 e. The number of likely N-dealkylation sites (tertiary alicyclic amines) is 1. The molecule has 122 valence electrons. The lowest BCUT2D eigenvalue weighted by molar-refractivity contribution is -0.119. The molecule has 1 N–H and O–H groups in total. The summed E-state index contributed by atoms with van der Waals surface area (Å²) < 4.78 is 10.6. The van der Waals surface area contributed by atoms with Gasteiger partial charge in [0.05, 0.1) is 12.8 Å². The SMILES string of the molecule is CC(C)(C)OC(=O)N1C[C@@H](S)C[C@]1(C=O)NCc1ccco1. The van der Waals surface area contributed by atoms with Crippen LogP contribution in [0.3, 0.4) is 0 Å². The molecule has 1 aliphatic rings. The summed E-state index contributed by atoms with van der Waals surface area (Å²) in [6, 6.07) is 3.57. The molecule has 0 saturated carbocycles. The van der Waals surface area contributed by atoms with E-state index in [1.807, 2.05) is 0 Å². The Morgan fingerprint density at radius 1 is 1.64 bits per heavy atom. The first-order valence-corrected chi connectivity index (χ1v) is 7.70. The molecule has 0 aromatic carbocycles. The molecular formula is C15H22N2O4S. The number of hydrogen-bond donors (Lipinski definition) is 2. The number of nitrogens with zero attached hydrogens (tertiary/aromatic N) is 1. The van der Waals surface area contributed by atoms with Gasteiger partial charge in [0.1, 0.15) is 11.4 Å². The fourth-order valence-electron chi connectivity index (χ4n) is 2.44. The van der Waals surface area contributed by atoms with Crippen molar-refractivity contribution < 1.29 is 18.7 Å². The minimum atomic E-state index is -1.12. The Morgan fingerprint density at radius 3 is 2.91 bits per heavy atom. The van der Waals surface area contributed by atoms with Crippen molar-refractivity contribution in [3.05, 3.63) is 24.2 Å². The molecule has 0 bridgehead atoms. The zero-order chi connectivity index (χ0) is 16.4. The van der Waals surface area contributed by atoms with Crippen LogP contribution < -0.4 is 5.32 Å². The van der Waals surface area contributed by atoms with E-state index in [0.717, 1.165) is 6.29 Å². The van der Waals surface area contributed by atoms with E-state index in [1.165, 1.54) is 4.90 Å². The summed E-state index contributed by atoms with van der Waals surface area (Å²) in [4.78, 5) is 25.5. The fourth-order valence-corrected chi connectivity index (χ4v) is 2.88. The molecular weight excluding hydrogens is 304 g/mol. The van der Waals surface area contributed by atoms with Crippen molar-refractivity contribution in [3.8, 4) is 0 Å². The van der Waals surface area contributed by atoms with Crippen LogP contribution >= 0.6 is 12.6 Å². The normalized spacial score (nSPS) is 25.3. The van der Waals surface area contributed by atoms with Gasteiger partial charge >= 0.3 is 6.09 Å². The molecule has 1 saturated heterocycles. The summed E-state index contributed by atoms with van der Waals surface area (Å²) in [5.74, 6) is 0.688. The van der Waals surface area contributed by atoms with Crippen LogP contribution in [0.2, 0.25) is 0 Å². The predicted octanol–water partition coefficient (Wildman–Crippen LogP) is 2.20. The largest absolute Gasteiger partial charge is 0.468 e. The van der Waals surface area contributed by atoms with Crippen LogP contribution in [0.5, 0.6) is 0 Å². The number of aldehydes is 1. The molecule has 7 heteroatoms. The topological polar surface area (TPSA) is 71.8 Å². The van der Waals surface area contributed by atoms with Crippen LogP contribution in [0.15, 0.2) is 22.8 Å². The van der Waals surface area contributed by atoms with Gasteiger partial charge in [-0.25, -0.2) is 4.79 Å². The van der Waals surface area contributed by atoms with Crippen molar-refractivity contribution in [2.24, 2.45) is 0 Å². The number of ether oxygens (including phenoxy) is 1. The van der Waals surface area contributed by atoms with Crippen molar-refractivity contribution in [2.45, 2.75) is 50.3 Å². The third-order valence-electron chi connectivity index (χ3n) is 3.38. The number of furan rings is 1. The van der Waals surface area contributed by atoms with Gasteiger partial charge in [0.2, 0.25) is 0 Å². The Bertz CT molecular complexity index is 526. The highest BCUT2D eigenvalue weighted by atomic mass is 32.1. The Morgan fingerprint density at radius 2 is 2.36 bits per heavy atom. The van der Waals surface area contributed by atoms with Gasteiger partial charge < -0.3 is 9.15 Å². The van der Waals surface area contributed by atoms with E-state index in [-0.39, 0.29) is 5.25 Å². The Labute approximate surface area is 135 Å². The molecule has 2 heterocycles. The average Bonchev–Trinajstić information content (AvgIpc) is 3.02. The maximum absolute atomic E-state index is 12.4. The lowest BCUT2D eigenvalue weighted by Crippen LogP contribution is -2.59. The van der Waals surface area contributed by atoms with Crippen LogP contribution in [-0.4, -0.2) is 40.3 Å². The van der Waals surface area contributed by atoms with Gasteiger partial charge in [-0.05, 0) is 32.9 Å². The van der Waals surface area contributed by atoms with Gasteiger partial charge in [-0.3, -0.25) is 15.0 Å². The second kappa shape index (κ2) is 6.34. The number of rotatable bonds is 4. The van der Waals surface area contributed by atoms with Crippen LogP contribution in [0.25, 0.3) is 0 Å². The van der Waals surface area contributed by atoms with Crippen LogP contribution in [-0.2, 0) is 16.1 Å². The minimum Gasteiger partial charge on any atom is -0.468 e. The third-order valence-corrected chi connectivity index (χ3v) is 3.73. The van der Waals surface area contributed by atoms with Gasteiger partial charge in [0.25, 0.3) is 0 Å². The van der Waals surface area contributed by atoms with E-state index in [2.05, 4.69) is 17.9 Å². The molecule has 1 fully saturated rings. The first kappa shape index (κ1) is 16.9. The molecule has 6 nitrogen and oxygen atoms in total. The highest BCUT2D eigenvalue weighted by Gasteiger charge is 2.48. The number of carbonyl (C=O) groups excluding carboxylic acids is 2. The summed E-state index contributed by atoms with van der Waals surface area (Å²) >= 11 is 4.42. The smallest absolute Gasteiger partial charge is 0.412 e. The summed E-state index contributed by atoms with van der Waals surface area (Å²) in [5, 5.41) is 3.01. The molecule has 0 unspecified atom stereocenters. The van der Waals surface area contributed by atoms with Crippen molar-refractivity contribution in [1.82, 2.24) is 10.2 Å². The third kappa shape index (κ3) is 3.84. The number of nitrogens with one attached hydrogen (secondary N) is 1. The summed E-state index contributed by atoms with van der Waals surface area (Å²) in [6.07, 6.45) is 2.20. The molecule has 22 heavy (non-hydrogen) atoms. The molecule has 1 amide bonds. The van der Waals surface area contributed by atoms with Crippen molar-refractivity contribution >= 4 is 25.0 Å². The van der Waals surface area contributed by atoms with E-state index in [4.69, 9.17) is 9.15 Å².